The van der Waals surface area contributed by atoms with Gasteiger partial charge in [-0.1, -0.05) is 30.3 Å². The Bertz CT molecular complexity index is 1010. The summed E-state index contributed by atoms with van der Waals surface area (Å²) in [7, 11) is 0. The third kappa shape index (κ3) is 3.93. The lowest BCUT2D eigenvalue weighted by Crippen LogP contribution is -2.34. The highest BCUT2D eigenvalue weighted by Gasteiger charge is 2.25. The van der Waals surface area contributed by atoms with Crippen molar-refractivity contribution in [3.63, 3.8) is 0 Å². The van der Waals surface area contributed by atoms with Crippen LogP contribution in [0.15, 0.2) is 90.6 Å². The van der Waals surface area contributed by atoms with Crippen LogP contribution in [-0.4, -0.2) is 0 Å². The van der Waals surface area contributed by atoms with Crippen LogP contribution in [0.1, 0.15) is 17.2 Å². The Morgan fingerprint density at radius 1 is 0.679 bits per heavy atom. The number of nitrogens with one attached hydrogen (secondary N) is 1. The van der Waals surface area contributed by atoms with Gasteiger partial charge in [-0.15, -0.1) is 0 Å². The summed E-state index contributed by atoms with van der Waals surface area (Å²) in [5.74, 6) is -0.900. The smallest absolute Gasteiger partial charge is 0.123 e. The van der Waals surface area contributed by atoms with Gasteiger partial charge in [0.05, 0.1) is 17.4 Å². The number of rotatable bonds is 4. The minimum absolute atomic E-state index is 0.195. The van der Waals surface area contributed by atoms with Crippen LogP contribution in [0.5, 0.6) is 0 Å². The van der Waals surface area contributed by atoms with Crippen molar-refractivity contribution >= 4 is 11.8 Å². The zero-order valence-electron chi connectivity index (χ0n) is 14.8. The van der Waals surface area contributed by atoms with Gasteiger partial charge in [-0.05, 0) is 71.8 Å². The molecule has 0 saturated carbocycles. The van der Waals surface area contributed by atoms with Gasteiger partial charge < -0.3 is 0 Å². The largest absolute Gasteiger partial charge is 0.298 e. The SMILES string of the molecule is Fc1ccc(/C=C/C2=C[C@@H](c3ccc(F)cc3)N(c3ccc(F)cc3)N2)cc1. The molecule has 0 aromatic heterocycles. The van der Waals surface area contributed by atoms with E-state index in [-0.39, 0.29) is 23.5 Å². The average Bonchev–Trinajstić information content (AvgIpc) is 3.13. The molecular weight excluding hydrogens is 361 g/mol. The number of anilines is 1. The van der Waals surface area contributed by atoms with E-state index in [1.54, 1.807) is 36.4 Å². The van der Waals surface area contributed by atoms with Crippen LogP contribution in [0, 0.1) is 17.5 Å². The van der Waals surface area contributed by atoms with E-state index < -0.39 is 0 Å². The first kappa shape index (κ1) is 17.9. The molecule has 1 aliphatic rings. The fraction of sp³-hybridized carbons (Fsp3) is 0.0435. The van der Waals surface area contributed by atoms with Crippen LogP contribution >= 0.6 is 0 Å². The first-order valence-electron chi connectivity index (χ1n) is 8.81. The van der Waals surface area contributed by atoms with Crippen LogP contribution in [0.2, 0.25) is 0 Å². The van der Waals surface area contributed by atoms with Crippen LogP contribution in [0.4, 0.5) is 18.9 Å². The molecule has 0 bridgehead atoms. The van der Waals surface area contributed by atoms with E-state index in [1.807, 2.05) is 23.2 Å². The number of hydrazine groups is 1. The first-order valence-corrected chi connectivity index (χ1v) is 8.81. The molecule has 0 aliphatic carbocycles. The van der Waals surface area contributed by atoms with E-state index in [2.05, 4.69) is 5.43 Å². The molecular formula is C23H17F3N2. The lowest BCUT2D eigenvalue weighted by Gasteiger charge is -2.27. The zero-order chi connectivity index (χ0) is 19.5. The molecule has 0 saturated heterocycles. The number of allylic oxidation sites excluding steroid dienone is 1. The fourth-order valence-corrected chi connectivity index (χ4v) is 3.08. The molecule has 3 aromatic rings. The molecule has 0 amide bonds. The second kappa shape index (κ2) is 7.64. The number of hydrogen-bond donors (Lipinski definition) is 1. The van der Waals surface area contributed by atoms with Gasteiger partial charge in [0.25, 0.3) is 0 Å². The molecule has 1 aliphatic heterocycles. The maximum atomic E-state index is 13.3. The molecule has 5 heteroatoms. The Morgan fingerprint density at radius 2 is 1.21 bits per heavy atom. The molecule has 1 N–H and O–H groups in total. The monoisotopic (exact) mass is 378 g/mol. The standard InChI is InChI=1S/C23H17F3N2/c24-18-6-1-16(2-7-18)3-12-21-15-23(17-4-8-19(25)9-5-17)28(27-21)22-13-10-20(26)11-14-22/h1-15,23,27H/b12-3+/t23-/m0/s1. The molecule has 0 spiro atoms. The normalized spacial score (nSPS) is 16.3. The molecule has 1 heterocycles. The Kier molecular flexibility index (Phi) is 4.89. The minimum Gasteiger partial charge on any atom is -0.298 e. The Labute approximate surface area is 161 Å². The van der Waals surface area contributed by atoms with E-state index in [0.29, 0.717) is 0 Å². The van der Waals surface area contributed by atoms with Crippen molar-refractivity contribution in [1.29, 1.82) is 0 Å². The highest BCUT2D eigenvalue weighted by Crippen LogP contribution is 2.32. The topological polar surface area (TPSA) is 15.3 Å². The Balaban J connectivity index is 1.64. The van der Waals surface area contributed by atoms with E-state index in [0.717, 1.165) is 22.5 Å². The van der Waals surface area contributed by atoms with Crippen molar-refractivity contribution in [2.75, 3.05) is 5.01 Å². The summed E-state index contributed by atoms with van der Waals surface area (Å²) in [5, 5.41) is 1.89. The second-order valence-corrected chi connectivity index (χ2v) is 6.46. The lowest BCUT2D eigenvalue weighted by molar-refractivity contribution is 0.623. The van der Waals surface area contributed by atoms with Crippen LogP contribution in [0.3, 0.4) is 0 Å². The molecule has 4 rings (SSSR count). The quantitative estimate of drug-likeness (QED) is 0.620. The summed E-state index contributed by atoms with van der Waals surface area (Å²) in [6.07, 6.45) is 5.75. The minimum atomic E-state index is -0.314. The van der Waals surface area contributed by atoms with E-state index in [1.165, 1.54) is 36.4 Å². The van der Waals surface area contributed by atoms with Gasteiger partial charge in [0, 0.05) is 0 Å². The molecule has 1 atom stereocenters. The van der Waals surface area contributed by atoms with Gasteiger partial charge in [-0.25, -0.2) is 13.2 Å². The van der Waals surface area contributed by atoms with Gasteiger partial charge in [0.15, 0.2) is 0 Å². The zero-order valence-corrected chi connectivity index (χ0v) is 14.8. The van der Waals surface area contributed by atoms with Crippen molar-refractivity contribution in [3.8, 4) is 0 Å². The summed E-state index contributed by atoms with van der Waals surface area (Å²) in [6.45, 7) is 0. The van der Waals surface area contributed by atoms with Crippen molar-refractivity contribution < 1.29 is 13.2 Å². The summed E-state index contributed by atoms with van der Waals surface area (Å²) >= 11 is 0. The van der Waals surface area contributed by atoms with E-state index >= 15 is 0 Å². The average molecular weight is 378 g/mol. The third-order valence-corrected chi connectivity index (χ3v) is 4.51. The molecule has 0 radical (unpaired) electrons. The molecule has 2 nitrogen and oxygen atoms in total. The van der Waals surface area contributed by atoms with E-state index in [4.69, 9.17) is 0 Å². The number of benzene rings is 3. The van der Waals surface area contributed by atoms with Crippen LogP contribution in [0.25, 0.3) is 6.08 Å². The van der Waals surface area contributed by atoms with Gasteiger partial charge in [0.1, 0.15) is 17.5 Å². The Morgan fingerprint density at radius 3 is 1.82 bits per heavy atom. The highest BCUT2D eigenvalue weighted by atomic mass is 19.1. The predicted molar refractivity (Wildman–Crippen MR) is 105 cm³/mol. The van der Waals surface area contributed by atoms with Gasteiger partial charge in [-0.3, -0.25) is 10.4 Å². The van der Waals surface area contributed by atoms with Crippen molar-refractivity contribution in [2.45, 2.75) is 6.04 Å². The molecule has 28 heavy (non-hydrogen) atoms. The second-order valence-electron chi connectivity index (χ2n) is 6.46. The summed E-state index contributed by atoms with van der Waals surface area (Å²) in [4.78, 5) is 0. The van der Waals surface area contributed by atoms with Crippen molar-refractivity contribution in [1.82, 2.24) is 5.43 Å². The third-order valence-electron chi connectivity index (χ3n) is 4.51. The van der Waals surface area contributed by atoms with Gasteiger partial charge in [0.2, 0.25) is 0 Å². The van der Waals surface area contributed by atoms with E-state index in [9.17, 15) is 13.2 Å². The summed E-state index contributed by atoms with van der Waals surface area (Å²) in [6, 6.07) is 18.4. The van der Waals surface area contributed by atoms with Crippen LogP contribution in [-0.2, 0) is 0 Å². The molecule has 0 unspecified atom stereocenters. The van der Waals surface area contributed by atoms with Crippen LogP contribution < -0.4 is 10.4 Å². The predicted octanol–water partition coefficient (Wildman–Crippen LogP) is 5.77. The summed E-state index contributed by atoms with van der Waals surface area (Å²) in [5.41, 5.74) is 6.64. The maximum Gasteiger partial charge on any atom is 0.123 e. The highest BCUT2D eigenvalue weighted by molar-refractivity contribution is 5.58. The maximum absolute atomic E-state index is 13.3. The molecule has 140 valence electrons. The number of hydrogen-bond acceptors (Lipinski definition) is 2. The van der Waals surface area contributed by atoms with Crippen molar-refractivity contribution in [2.24, 2.45) is 0 Å². The fourth-order valence-electron chi connectivity index (χ4n) is 3.08. The lowest BCUT2D eigenvalue weighted by atomic mass is 10.1. The molecule has 0 fully saturated rings. The number of halogens is 3. The van der Waals surface area contributed by atoms with Gasteiger partial charge in [-0.2, -0.15) is 0 Å². The van der Waals surface area contributed by atoms with Gasteiger partial charge >= 0.3 is 0 Å². The summed E-state index contributed by atoms with van der Waals surface area (Å²) < 4.78 is 39.7. The Hall–Kier alpha value is -3.47. The molecule has 3 aromatic carbocycles. The number of nitrogens with zero attached hydrogens (tertiary/aromatic N) is 1. The first-order chi connectivity index (χ1) is 13.6. The van der Waals surface area contributed by atoms with Crippen molar-refractivity contribution in [3.05, 3.63) is 119 Å².